The number of ether oxygens (including phenoxy) is 1. The Morgan fingerprint density at radius 3 is 2.21 bits per heavy atom. The number of hydrogen-bond acceptors (Lipinski definition) is 5. The molecule has 3 aromatic rings. The zero-order valence-electron chi connectivity index (χ0n) is 15.8. The molecule has 4 rings (SSSR count). The molecule has 6 heteroatoms. The first-order valence-corrected chi connectivity index (χ1v) is 9.37. The summed E-state index contributed by atoms with van der Waals surface area (Å²) in [6, 6.07) is 20.8. The number of benzene rings is 2. The maximum atomic E-state index is 12.6. The molecule has 0 spiro atoms. The van der Waals surface area contributed by atoms with Crippen molar-refractivity contribution in [3.05, 3.63) is 78.1 Å². The van der Waals surface area contributed by atoms with Crippen molar-refractivity contribution in [3.8, 4) is 11.6 Å². The number of amides is 1. The van der Waals surface area contributed by atoms with Crippen LogP contribution in [0.2, 0.25) is 0 Å². The summed E-state index contributed by atoms with van der Waals surface area (Å²) in [5.74, 6) is 2.82. The lowest BCUT2D eigenvalue weighted by Gasteiger charge is -2.35. The van der Waals surface area contributed by atoms with Crippen LogP contribution < -0.4 is 9.64 Å². The van der Waals surface area contributed by atoms with E-state index in [9.17, 15) is 4.79 Å². The van der Waals surface area contributed by atoms with Gasteiger partial charge in [0.05, 0.1) is 0 Å². The number of piperazine rings is 1. The largest absolute Gasteiger partial charge is 0.439 e. The third-order valence-electron chi connectivity index (χ3n) is 4.68. The lowest BCUT2D eigenvalue weighted by molar-refractivity contribution is 0.0746. The summed E-state index contributed by atoms with van der Waals surface area (Å²) in [6.07, 6.45) is 0. The van der Waals surface area contributed by atoms with Crippen LogP contribution in [0, 0.1) is 6.92 Å². The van der Waals surface area contributed by atoms with Crippen LogP contribution in [0.15, 0.2) is 66.7 Å². The fraction of sp³-hybridized carbons (Fsp3) is 0.227. The van der Waals surface area contributed by atoms with Gasteiger partial charge in [0, 0.05) is 37.8 Å². The van der Waals surface area contributed by atoms with Gasteiger partial charge in [0.1, 0.15) is 17.4 Å². The zero-order chi connectivity index (χ0) is 19.3. The molecule has 0 aliphatic carbocycles. The van der Waals surface area contributed by atoms with Crippen LogP contribution in [0.5, 0.6) is 11.6 Å². The van der Waals surface area contributed by atoms with E-state index >= 15 is 0 Å². The molecular formula is C22H22N4O2. The molecule has 1 aromatic heterocycles. The molecule has 2 heterocycles. The van der Waals surface area contributed by atoms with Gasteiger partial charge in [-0.25, -0.2) is 4.98 Å². The van der Waals surface area contributed by atoms with Crippen molar-refractivity contribution in [2.24, 2.45) is 0 Å². The summed E-state index contributed by atoms with van der Waals surface area (Å²) in [7, 11) is 0. The van der Waals surface area contributed by atoms with Gasteiger partial charge in [-0.1, -0.05) is 36.4 Å². The molecule has 6 nitrogen and oxygen atoms in total. The van der Waals surface area contributed by atoms with Crippen LogP contribution in [0.4, 0.5) is 5.82 Å². The Balaban J connectivity index is 1.44. The smallest absolute Gasteiger partial charge is 0.253 e. The SMILES string of the molecule is Cc1nc(Oc2ccccc2)cc(N2CCN(C(=O)c3ccccc3)CC2)n1. The molecule has 1 aliphatic heterocycles. The Kier molecular flexibility index (Phi) is 5.19. The minimum Gasteiger partial charge on any atom is -0.439 e. The van der Waals surface area contributed by atoms with Crippen LogP contribution in [-0.2, 0) is 0 Å². The van der Waals surface area contributed by atoms with Crippen LogP contribution in [0.3, 0.4) is 0 Å². The van der Waals surface area contributed by atoms with E-state index in [1.165, 1.54) is 0 Å². The summed E-state index contributed by atoms with van der Waals surface area (Å²) >= 11 is 0. The molecule has 0 N–H and O–H groups in total. The Hall–Kier alpha value is -3.41. The van der Waals surface area contributed by atoms with Crippen molar-refractivity contribution in [1.82, 2.24) is 14.9 Å². The van der Waals surface area contributed by atoms with Gasteiger partial charge < -0.3 is 14.5 Å². The highest BCUT2D eigenvalue weighted by Gasteiger charge is 2.23. The second-order valence-corrected chi connectivity index (χ2v) is 6.67. The summed E-state index contributed by atoms with van der Waals surface area (Å²) in [4.78, 5) is 25.6. The van der Waals surface area contributed by atoms with Crippen LogP contribution in [-0.4, -0.2) is 47.0 Å². The molecule has 28 heavy (non-hydrogen) atoms. The molecular weight excluding hydrogens is 352 g/mol. The lowest BCUT2D eigenvalue weighted by Crippen LogP contribution is -2.49. The average Bonchev–Trinajstić information content (AvgIpc) is 2.74. The van der Waals surface area contributed by atoms with Crippen molar-refractivity contribution in [2.75, 3.05) is 31.1 Å². The van der Waals surface area contributed by atoms with Gasteiger partial charge >= 0.3 is 0 Å². The highest BCUT2D eigenvalue weighted by Crippen LogP contribution is 2.24. The van der Waals surface area contributed by atoms with Gasteiger partial charge in [0.2, 0.25) is 5.88 Å². The van der Waals surface area contributed by atoms with Crippen LogP contribution in [0.1, 0.15) is 16.2 Å². The Morgan fingerprint density at radius 1 is 0.893 bits per heavy atom. The topological polar surface area (TPSA) is 58.6 Å². The number of rotatable bonds is 4. The fourth-order valence-electron chi connectivity index (χ4n) is 3.25. The maximum absolute atomic E-state index is 12.6. The van der Waals surface area contributed by atoms with Crippen molar-refractivity contribution < 1.29 is 9.53 Å². The lowest BCUT2D eigenvalue weighted by atomic mass is 10.2. The summed E-state index contributed by atoms with van der Waals surface area (Å²) < 4.78 is 5.87. The van der Waals surface area contributed by atoms with Crippen molar-refractivity contribution >= 4 is 11.7 Å². The van der Waals surface area contributed by atoms with Gasteiger partial charge in [-0.15, -0.1) is 0 Å². The van der Waals surface area contributed by atoms with Gasteiger partial charge in [0.25, 0.3) is 5.91 Å². The molecule has 1 amide bonds. The molecule has 0 saturated carbocycles. The van der Waals surface area contributed by atoms with Gasteiger partial charge in [-0.3, -0.25) is 4.79 Å². The Labute approximate surface area is 164 Å². The highest BCUT2D eigenvalue weighted by molar-refractivity contribution is 5.94. The number of aryl methyl sites for hydroxylation is 1. The summed E-state index contributed by atoms with van der Waals surface area (Å²) in [5.41, 5.74) is 0.729. The summed E-state index contributed by atoms with van der Waals surface area (Å²) in [6.45, 7) is 4.62. The predicted octanol–water partition coefficient (Wildman–Crippen LogP) is 3.54. The second kappa shape index (κ2) is 8.08. The number of hydrogen-bond donors (Lipinski definition) is 0. The fourth-order valence-corrected chi connectivity index (χ4v) is 3.25. The first-order chi connectivity index (χ1) is 13.7. The van der Waals surface area contributed by atoms with Gasteiger partial charge in [-0.2, -0.15) is 4.98 Å². The van der Waals surface area contributed by atoms with Gasteiger partial charge in [-0.05, 0) is 31.2 Å². The van der Waals surface area contributed by atoms with Crippen LogP contribution in [0.25, 0.3) is 0 Å². The minimum absolute atomic E-state index is 0.0761. The quantitative estimate of drug-likeness (QED) is 0.699. The number of aromatic nitrogens is 2. The van der Waals surface area contributed by atoms with Crippen LogP contribution >= 0.6 is 0 Å². The van der Waals surface area contributed by atoms with Crippen molar-refractivity contribution in [2.45, 2.75) is 6.92 Å². The summed E-state index contributed by atoms with van der Waals surface area (Å²) in [5, 5.41) is 0. The molecule has 0 bridgehead atoms. The number of carbonyl (C=O) groups is 1. The molecule has 2 aromatic carbocycles. The molecule has 1 aliphatic rings. The number of para-hydroxylation sites is 1. The first kappa shape index (κ1) is 18.0. The standard InChI is InChI=1S/C22H22N4O2/c1-17-23-20(16-21(24-17)28-19-10-6-3-7-11-19)25-12-14-26(15-13-25)22(27)18-8-4-2-5-9-18/h2-11,16H,12-15H2,1H3. The number of carbonyl (C=O) groups excluding carboxylic acids is 1. The monoisotopic (exact) mass is 374 g/mol. The third-order valence-corrected chi connectivity index (χ3v) is 4.68. The van der Waals surface area contributed by atoms with Gasteiger partial charge in [0.15, 0.2) is 0 Å². The predicted molar refractivity (Wildman–Crippen MR) is 108 cm³/mol. The molecule has 0 radical (unpaired) electrons. The van der Waals surface area contributed by atoms with E-state index in [-0.39, 0.29) is 5.91 Å². The molecule has 142 valence electrons. The normalized spacial score (nSPS) is 14.0. The Bertz CT molecular complexity index is 939. The zero-order valence-corrected chi connectivity index (χ0v) is 15.8. The molecule has 0 atom stereocenters. The first-order valence-electron chi connectivity index (χ1n) is 9.37. The van der Waals surface area contributed by atoms with E-state index in [1.807, 2.05) is 78.6 Å². The van der Waals surface area contributed by atoms with E-state index < -0.39 is 0 Å². The maximum Gasteiger partial charge on any atom is 0.253 e. The Morgan fingerprint density at radius 2 is 1.54 bits per heavy atom. The third kappa shape index (κ3) is 4.11. The van der Waals surface area contributed by atoms with E-state index in [0.717, 1.165) is 30.2 Å². The average molecular weight is 374 g/mol. The van der Waals surface area contributed by atoms with Crippen molar-refractivity contribution in [3.63, 3.8) is 0 Å². The minimum atomic E-state index is 0.0761. The molecule has 1 saturated heterocycles. The second-order valence-electron chi connectivity index (χ2n) is 6.67. The van der Waals surface area contributed by atoms with E-state index in [2.05, 4.69) is 14.9 Å². The van der Waals surface area contributed by atoms with Crippen molar-refractivity contribution in [1.29, 1.82) is 0 Å². The van der Waals surface area contributed by atoms with E-state index in [4.69, 9.17) is 4.74 Å². The molecule has 0 unspecified atom stereocenters. The number of anilines is 1. The number of nitrogens with zero attached hydrogens (tertiary/aromatic N) is 4. The van der Waals surface area contributed by atoms with E-state index in [0.29, 0.717) is 24.8 Å². The highest BCUT2D eigenvalue weighted by atomic mass is 16.5. The molecule has 1 fully saturated rings. The van der Waals surface area contributed by atoms with E-state index in [1.54, 1.807) is 0 Å².